The Balaban J connectivity index is 2.02. The van der Waals surface area contributed by atoms with Gasteiger partial charge in [0.05, 0.1) is 11.2 Å². The van der Waals surface area contributed by atoms with Gasteiger partial charge in [-0.3, -0.25) is 4.79 Å². The zero-order valence-electron chi connectivity index (χ0n) is 15.1. The van der Waals surface area contributed by atoms with Crippen molar-refractivity contribution < 1.29 is 14.1 Å². The van der Waals surface area contributed by atoms with Gasteiger partial charge in [0.2, 0.25) is 0 Å². The molecule has 3 nitrogen and oxygen atoms in total. The number of hydrogen-bond acceptors (Lipinski definition) is 3. The van der Waals surface area contributed by atoms with Crippen LogP contribution in [0.5, 0.6) is 0 Å². The second-order valence-corrected chi connectivity index (χ2v) is 8.38. The van der Waals surface area contributed by atoms with E-state index >= 15 is 0 Å². The number of benzene rings is 1. The minimum absolute atomic E-state index is 0.0722. The molecule has 4 heteroatoms. The van der Waals surface area contributed by atoms with Gasteiger partial charge in [0.25, 0.3) is 0 Å². The first kappa shape index (κ1) is 16.7. The lowest BCUT2D eigenvalue weighted by Gasteiger charge is -2.46. The van der Waals surface area contributed by atoms with E-state index in [1.165, 1.54) is 5.56 Å². The minimum atomic E-state index is -0.373. The van der Waals surface area contributed by atoms with Gasteiger partial charge in [-0.1, -0.05) is 38.1 Å². The Morgan fingerprint density at radius 2 is 1.52 bits per heavy atom. The highest BCUT2D eigenvalue weighted by Crippen LogP contribution is 2.47. The number of hydrogen-bond donors (Lipinski definition) is 0. The van der Waals surface area contributed by atoms with Crippen molar-refractivity contribution in [1.82, 2.24) is 0 Å². The number of carbonyl (C=O) groups is 1. The lowest BCUT2D eigenvalue weighted by molar-refractivity contribution is -0.130. The highest BCUT2D eigenvalue weighted by molar-refractivity contribution is 6.62. The molecule has 2 fully saturated rings. The molecule has 1 aromatic rings. The molecule has 0 N–H and O–H groups in total. The maximum Gasteiger partial charge on any atom is 0.495 e. The Morgan fingerprint density at radius 1 is 1.00 bits per heavy atom. The Morgan fingerprint density at radius 3 is 2.00 bits per heavy atom. The van der Waals surface area contributed by atoms with E-state index in [4.69, 9.17) is 9.31 Å². The third-order valence-electron chi connectivity index (χ3n) is 6.13. The first-order valence-electron chi connectivity index (χ1n) is 8.56. The molecule has 1 heterocycles. The molecule has 0 spiro atoms. The Labute approximate surface area is 139 Å². The second-order valence-electron chi connectivity index (χ2n) is 8.38. The van der Waals surface area contributed by atoms with Crippen molar-refractivity contribution in [2.24, 2.45) is 5.92 Å². The lowest BCUT2D eigenvalue weighted by Crippen LogP contribution is -2.51. The van der Waals surface area contributed by atoms with Crippen LogP contribution in [-0.2, 0) is 19.5 Å². The predicted octanol–water partition coefficient (Wildman–Crippen LogP) is 3.24. The van der Waals surface area contributed by atoms with Crippen molar-refractivity contribution >= 4 is 18.4 Å². The second kappa shape index (κ2) is 5.19. The summed E-state index contributed by atoms with van der Waals surface area (Å²) in [5.74, 6) is 0.756. The molecule has 0 bridgehead atoms. The molecule has 1 saturated carbocycles. The maximum absolute atomic E-state index is 11.8. The molecule has 1 aliphatic carbocycles. The van der Waals surface area contributed by atoms with E-state index in [1.807, 2.05) is 6.07 Å². The van der Waals surface area contributed by atoms with Gasteiger partial charge in [-0.25, -0.2) is 0 Å². The quantitative estimate of drug-likeness (QED) is 0.804. The molecule has 1 aliphatic heterocycles. The van der Waals surface area contributed by atoms with E-state index in [1.54, 1.807) is 0 Å². The normalized spacial score (nSPS) is 24.8. The molecule has 124 valence electrons. The fourth-order valence-corrected chi connectivity index (χ4v) is 3.69. The fraction of sp³-hybridized carbons (Fsp3) is 0.632. The molecule has 0 atom stereocenters. The predicted molar refractivity (Wildman–Crippen MR) is 92.9 cm³/mol. The van der Waals surface area contributed by atoms with Crippen LogP contribution in [0.25, 0.3) is 0 Å². The molecule has 0 unspecified atom stereocenters. The molecule has 0 amide bonds. The first-order chi connectivity index (χ1) is 10.6. The summed E-state index contributed by atoms with van der Waals surface area (Å²) in [7, 11) is -0.373. The van der Waals surface area contributed by atoms with Crippen molar-refractivity contribution in [2.75, 3.05) is 0 Å². The summed E-state index contributed by atoms with van der Waals surface area (Å²) in [6.07, 6.45) is 1.25. The number of ketones is 1. The largest absolute Gasteiger partial charge is 0.495 e. The van der Waals surface area contributed by atoms with E-state index in [-0.39, 0.29) is 23.7 Å². The van der Waals surface area contributed by atoms with Gasteiger partial charge < -0.3 is 9.31 Å². The highest BCUT2D eigenvalue weighted by Gasteiger charge is 2.55. The Hall–Kier alpha value is -1.13. The standard InChI is InChI=1S/C19H27BO3/c1-13(2)19(11-14(21)12-19)15-9-7-8-10-16(15)20-22-17(3,4)18(5,6)23-20/h7-10,13H,11-12H2,1-6H3. The molecule has 2 aliphatic rings. The van der Waals surface area contributed by atoms with Gasteiger partial charge in [0.15, 0.2) is 0 Å². The van der Waals surface area contributed by atoms with Crippen LogP contribution in [0.4, 0.5) is 0 Å². The highest BCUT2D eigenvalue weighted by atomic mass is 16.7. The van der Waals surface area contributed by atoms with E-state index in [0.29, 0.717) is 24.5 Å². The van der Waals surface area contributed by atoms with E-state index in [9.17, 15) is 4.79 Å². The average molecular weight is 314 g/mol. The van der Waals surface area contributed by atoms with Crippen molar-refractivity contribution in [3.63, 3.8) is 0 Å². The van der Waals surface area contributed by atoms with Gasteiger partial charge in [-0.15, -0.1) is 0 Å². The molecular formula is C19H27BO3. The lowest BCUT2D eigenvalue weighted by atomic mass is 9.54. The molecule has 0 radical (unpaired) electrons. The maximum atomic E-state index is 11.8. The SMILES string of the molecule is CC(C)C1(c2ccccc2B2OC(C)(C)C(C)(C)O2)CC(=O)C1. The van der Waals surface area contributed by atoms with E-state index in [0.717, 1.165) is 5.46 Å². The van der Waals surface area contributed by atoms with Crippen molar-refractivity contribution in [2.45, 2.75) is 71.0 Å². The summed E-state index contributed by atoms with van der Waals surface area (Å²) in [5.41, 5.74) is 1.51. The summed E-state index contributed by atoms with van der Waals surface area (Å²) in [6, 6.07) is 8.31. The summed E-state index contributed by atoms with van der Waals surface area (Å²) in [6.45, 7) is 12.7. The molecular weight excluding hydrogens is 287 g/mol. The van der Waals surface area contributed by atoms with Crippen molar-refractivity contribution in [3.8, 4) is 0 Å². The van der Waals surface area contributed by atoms with Crippen LogP contribution in [0.3, 0.4) is 0 Å². The van der Waals surface area contributed by atoms with Gasteiger partial charge in [0.1, 0.15) is 5.78 Å². The summed E-state index contributed by atoms with van der Waals surface area (Å²) in [5, 5.41) is 0. The van der Waals surface area contributed by atoms with Gasteiger partial charge in [-0.05, 0) is 44.6 Å². The summed E-state index contributed by atoms with van der Waals surface area (Å²) < 4.78 is 12.5. The van der Waals surface area contributed by atoms with Gasteiger partial charge in [-0.2, -0.15) is 0 Å². The van der Waals surface area contributed by atoms with Crippen LogP contribution in [0, 0.1) is 5.92 Å². The smallest absolute Gasteiger partial charge is 0.399 e. The van der Waals surface area contributed by atoms with Crippen LogP contribution in [0.1, 0.15) is 59.9 Å². The first-order valence-corrected chi connectivity index (χ1v) is 8.56. The number of rotatable bonds is 3. The molecule has 0 aromatic heterocycles. The van der Waals surface area contributed by atoms with Crippen LogP contribution in [0.15, 0.2) is 24.3 Å². The summed E-state index contributed by atoms with van der Waals surface area (Å²) >= 11 is 0. The molecule has 3 rings (SSSR count). The van der Waals surface area contributed by atoms with E-state index < -0.39 is 0 Å². The molecule has 23 heavy (non-hydrogen) atoms. The molecule has 1 saturated heterocycles. The van der Waals surface area contributed by atoms with Gasteiger partial charge >= 0.3 is 7.12 Å². The number of carbonyl (C=O) groups excluding carboxylic acids is 1. The number of Topliss-reactive ketones (excluding diaryl/α,β-unsaturated/α-hetero) is 1. The minimum Gasteiger partial charge on any atom is -0.399 e. The molecule has 1 aromatic carbocycles. The summed E-state index contributed by atoms with van der Waals surface area (Å²) in [4.78, 5) is 11.8. The Bertz CT molecular complexity index is 609. The third-order valence-corrected chi connectivity index (χ3v) is 6.13. The zero-order valence-corrected chi connectivity index (χ0v) is 15.1. The van der Waals surface area contributed by atoms with Crippen LogP contribution < -0.4 is 5.46 Å². The van der Waals surface area contributed by atoms with Crippen LogP contribution in [0.2, 0.25) is 0 Å². The van der Waals surface area contributed by atoms with Crippen molar-refractivity contribution in [3.05, 3.63) is 29.8 Å². The third kappa shape index (κ3) is 2.47. The monoisotopic (exact) mass is 314 g/mol. The average Bonchev–Trinajstić information content (AvgIpc) is 2.63. The van der Waals surface area contributed by atoms with E-state index in [2.05, 4.69) is 59.7 Å². The topological polar surface area (TPSA) is 35.5 Å². The zero-order chi connectivity index (χ0) is 17.0. The Kier molecular flexibility index (Phi) is 3.77. The fourth-order valence-electron chi connectivity index (χ4n) is 3.69. The van der Waals surface area contributed by atoms with Gasteiger partial charge in [0, 0.05) is 18.3 Å². The van der Waals surface area contributed by atoms with Crippen LogP contribution in [-0.4, -0.2) is 24.1 Å². The van der Waals surface area contributed by atoms with Crippen molar-refractivity contribution in [1.29, 1.82) is 0 Å². The van der Waals surface area contributed by atoms with Crippen LogP contribution >= 0.6 is 0 Å².